The number of H-pyrrole nitrogens is 2. The number of allylic oxidation sites excluding steroid dienone is 2. The van der Waals surface area contributed by atoms with Crippen LogP contribution in [0.3, 0.4) is 0 Å². The van der Waals surface area contributed by atoms with Crippen LogP contribution in [-0.2, 0) is 11.3 Å². The number of nitrogens with one attached hydrogen (secondary N) is 3. The highest BCUT2D eigenvalue weighted by molar-refractivity contribution is 5.92. The topological polar surface area (TPSA) is 90.6 Å². The lowest BCUT2D eigenvalue weighted by Crippen LogP contribution is -2.13. The molecule has 0 amide bonds. The zero-order chi connectivity index (χ0) is 9.97. The maximum atomic E-state index is 10.9. The Bertz CT molecular complexity index is 429. The predicted molar refractivity (Wildman–Crippen MR) is 48.4 cm³/mol. The number of carbonyl (C=O) groups is 1. The Morgan fingerprint density at radius 1 is 1.43 bits per heavy atom. The number of aromatic amines is 2. The van der Waals surface area contributed by atoms with E-state index >= 15 is 0 Å². The molecule has 0 radical (unpaired) electrons. The summed E-state index contributed by atoms with van der Waals surface area (Å²) in [6.45, 7) is 0.428. The maximum Gasteiger partial charge on any atom is 0.340 e. The van der Waals surface area contributed by atoms with E-state index in [0.29, 0.717) is 18.8 Å². The Morgan fingerprint density at radius 2 is 2.29 bits per heavy atom. The smallest absolute Gasteiger partial charge is 0.340 e. The van der Waals surface area contributed by atoms with Crippen molar-refractivity contribution < 1.29 is 4.79 Å². The summed E-state index contributed by atoms with van der Waals surface area (Å²) in [5.41, 5.74) is 0.581. The van der Waals surface area contributed by atoms with E-state index < -0.39 is 0 Å². The molecule has 0 saturated heterocycles. The molecule has 1 heterocycles. The van der Waals surface area contributed by atoms with Crippen LogP contribution in [0.15, 0.2) is 16.6 Å². The standard InChI is InChI=1S/C8H10N4O2/c13-6-2-1-5(3-6)9-4-7-10-8(14)12-11-7/h3,9H,1-2,4H2,(H2,10,11,12,14). The van der Waals surface area contributed by atoms with Gasteiger partial charge in [-0.15, -0.1) is 0 Å². The summed E-state index contributed by atoms with van der Waals surface area (Å²) < 4.78 is 0. The third-order valence-corrected chi connectivity index (χ3v) is 2.01. The van der Waals surface area contributed by atoms with Gasteiger partial charge in [-0.1, -0.05) is 0 Å². The first kappa shape index (κ1) is 8.74. The zero-order valence-electron chi connectivity index (χ0n) is 7.46. The van der Waals surface area contributed by atoms with Gasteiger partial charge >= 0.3 is 5.69 Å². The van der Waals surface area contributed by atoms with E-state index in [4.69, 9.17) is 0 Å². The molecule has 6 heteroatoms. The van der Waals surface area contributed by atoms with E-state index in [2.05, 4.69) is 20.5 Å². The second-order valence-corrected chi connectivity index (χ2v) is 3.11. The average Bonchev–Trinajstić information content (AvgIpc) is 2.72. The van der Waals surface area contributed by atoms with Crippen LogP contribution in [-0.4, -0.2) is 21.0 Å². The molecule has 0 aliphatic heterocycles. The van der Waals surface area contributed by atoms with Crippen molar-refractivity contribution in [3.8, 4) is 0 Å². The van der Waals surface area contributed by atoms with Gasteiger partial charge in [-0.05, 0) is 6.42 Å². The summed E-state index contributed by atoms with van der Waals surface area (Å²) in [6.07, 6.45) is 2.90. The molecule has 2 rings (SSSR count). The second kappa shape index (κ2) is 3.49. The Labute approximate surface area is 79.4 Å². The Morgan fingerprint density at radius 3 is 2.86 bits per heavy atom. The van der Waals surface area contributed by atoms with Crippen LogP contribution in [0.25, 0.3) is 0 Å². The molecular weight excluding hydrogens is 184 g/mol. The van der Waals surface area contributed by atoms with Crippen molar-refractivity contribution >= 4 is 5.78 Å². The molecular formula is C8H10N4O2. The molecule has 1 aliphatic rings. The van der Waals surface area contributed by atoms with Gasteiger partial charge in [-0.25, -0.2) is 9.89 Å². The first-order valence-corrected chi connectivity index (χ1v) is 4.35. The normalized spacial score (nSPS) is 15.7. The van der Waals surface area contributed by atoms with E-state index in [1.165, 1.54) is 0 Å². The molecule has 0 saturated carbocycles. The lowest BCUT2D eigenvalue weighted by atomic mass is 10.3. The fourth-order valence-corrected chi connectivity index (χ4v) is 1.32. The molecule has 0 spiro atoms. The van der Waals surface area contributed by atoms with E-state index in [1.807, 2.05) is 0 Å². The van der Waals surface area contributed by atoms with Gasteiger partial charge in [0, 0.05) is 18.2 Å². The van der Waals surface area contributed by atoms with Gasteiger partial charge in [0.15, 0.2) is 5.78 Å². The van der Waals surface area contributed by atoms with Gasteiger partial charge in [0.25, 0.3) is 0 Å². The fraction of sp³-hybridized carbons (Fsp3) is 0.375. The van der Waals surface area contributed by atoms with Crippen molar-refractivity contribution in [2.45, 2.75) is 19.4 Å². The molecule has 0 bridgehead atoms. The third-order valence-electron chi connectivity index (χ3n) is 2.01. The quantitative estimate of drug-likeness (QED) is 0.601. The predicted octanol–water partition coefficient (Wildman–Crippen LogP) is -0.566. The van der Waals surface area contributed by atoms with Crippen LogP contribution in [0, 0.1) is 0 Å². The van der Waals surface area contributed by atoms with Crippen LogP contribution in [0.1, 0.15) is 18.7 Å². The number of rotatable bonds is 3. The van der Waals surface area contributed by atoms with Crippen LogP contribution in [0.4, 0.5) is 0 Å². The zero-order valence-corrected chi connectivity index (χ0v) is 7.46. The molecule has 3 N–H and O–H groups in total. The van der Waals surface area contributed by atoms with Crippen LogP contribution < -0.4 is 11.0 Å². The van der Waals surface area contributed by atoms with E-state index in [1.54, 1.807) is 6.08 Å². The summed E-state index contributed by atoms with van der Waals surface area (Å²) in [5.74, 6) is 0.679. The molecule has 1 aromatic heterocycles. The second-order valence-electron chi connectivity index (χ2n) is 3.11. The van der Waals surface area contributed by atoms with Gasteiger partial charge in [-0.3, -0.25) is 9.78 Å². The minimum absolute atomic E-state index is 0.142. The molecule has 14 heavy (non-hydrogen) atoms. The molecule has 0 atom stereocenters. The van der Waals surface area contributed by atoms with Gasteiger partial charge in [0.2, 0.25) is 0 Å². The first-order valence-electron chi connectivity index (χ1n) is 4.35. The SMILES string of the molecule is O=C1C=C(NCc2n[nH]c(=O)[nH]2)CC1. The Balaban J connectivity index is 1.92. The minimum atomic E-state index is -0.321. The minimum Gasteiger partial charge on any atom is -0.381 e. The number of carbonyl (C=O) groups excluding carboxylic acids is 1. The number of ketones is 1. The van der Waals surface area contributed by atoms with Crippen molar-refractivity contribution in [3.63, 3.8) is 0 Å². The number of hydrogen-bond acceptors (Lipinski definition) is 4. The molecule has 0 unspecified atom stereocenters. The van der Waals surface area contributed by atoms with Crippen LogP contribution >= 0.6 is 0 Å². The van der Waals surface area contributed by atoms with Crippen molar-refractivity contribution in [1.82, 2.24) is 20.5 Å². The largest absolute Gasteiger partial charge is 0.381 e. The Hall–Kier alpha value is -1.85. The summed E-state index contributed by atoms with van der Waals surface area (Å²) in [4.78, 5) is 24.1. The van der Waals surface area contributed by atoms with Crippen molar-refractivity contribution in [2.24, 2.45) is 0 Å². The van der Waals surface area contributed by atoms with Crippen molar-refractivity contribution in [1.29, 1.82) is 0 Å². The van der Waals surface area contributed by atoms with Gasteiger partial charge in [0.1, 0.15) is 5.82 Å². The maximum absolute atomic E-state index is 10.9. The van der Waals surface area contributed by atoms with Crippen molar-refractivity contribution in [2.75, 3.05) is 0 Å². The van der Waals surface area contributed by atoms with E-state index in [9.17, 15) is 9.59 Å². The first-order chi connectivity index (χ1) is 6.74. The average molecular weight is 194 g/mol. The van der Waals surface area contributed by atoms with Crippen LogP contribution in [0.2, 0.25) is 0 Å². The fourth-order valence-electron chi connectivity index (χ4n) is 1.32. The van der Waals surface area contributed by atoms with E-state index in [0.717, 1.165) is 12.1 Å². The monoisotopic (exact) mass is 194 g/mol. The molecule has 74 valence electrons. The highest BCUT2D eigenvalue weighted by Gasteiger charge is 2.11. The summed E-state index contributed by atoms with van der Waals surface area (Å²) in [7, 11) is 0. The van der Waals surface area contributed by atoms with Gasteiger partial charge < -0.3 is 5.32 Å². The summed E-state index contributed by atoms with van der Waals surface area (Å²) in [5, 5.41) is 9.02. The Kier molecular flexibility index (Phi) is 2.18. The number of nitrogens with zero attached hydrogens (tertiary/aromatic N) is 1. The number of hydrogen-bond donors (Lipinski definition) is 3. The van der Waals surface area contributed by atoms with Gasteiger partial charge in [0.05, 0.1) is 6.54 Å². The van der Waals surface area contributed by atoms with E-state index in [-0.39, 0.29) is 11.5 Å². The lowest BCUT2D eigenvalue weighted by molar-refractivity contribution is -0.114. The molecule has 0 fully saturated rings. The highest BCUT2D eigenvalue weighted by atomic mass is 16.1. The molecule has 6 nitrogen and oxygen atoms in total. The summed E-state index contributed by atoms with van der Waals surface area (Å²) in [6, 6.07) is 0. The highest BCUT2D eigenvalue weighted by Crippen LogP contribution is 2.11. The summed E-state index contributed by atoms with van der Waals surface area (Å²) >= 11 is 0. The lowest BCUT2D eigenvalue weighted by Gasteiger charge is -2.02. The number of aromatic nitrogens is 3. The third kappa shape index (κ3) is 1.90. The molecule has 0 aromatic carbocycles. The van der Waals surface area contributed by atoms with Crippen LogP contribution in [0.5, 0.6) is 0 Å². The van der Waals surface area contributed by atoms with Crippen molar-refractivity contribution in [3.05, 3.63) is 28.1 Å². The molecule has 1 aliphatic carbocycles. The molecule has 1 aromatic rings. The van der Waals surface area contributed by atoms with Gasteiger partial charge in [-0.2, -0.15) is 5.10 Å².